The van der Waals surface area contributed by atoms with Gasteiger partial charge in [-0.25, -0.2) is 0 Å². The molecular formula is C15H15N. The standard InChI is InChI=1S/C15H15N/c16-15(14-9-5-2-6-10-14)12-11-13-7-3-1-4-8-13/h1-10,16H,11-12H2. The fourth-order valence-electron chi connectivity index (χ4n) is 1.70. The van der Waals surface area contributed by atoms with Crippen LogP contribution in [0.1, 0.15) is 17.5 Å². The largest absolute Gasteiger partial charge is 0.305 e. The van der Waals surface area contributed by atoms with Gasteiger partial charge in [0.15, 0.2) is 0 Å². The van der Waals surface area contributed by atoms with E-state index in [4.69, 9.17) is 5.41 Å². The maximum atomic E-state index is 7.98. The third kappa shape index (κ3) is 2.80. The van der Waals surface area contributed by atoms with Gasteiger partial charge >= 0.3 is 0 Å². The van der Waals surface area contributed by atoms with E-state index in [0.29, 0.717) is 5.71 Å². The van der Waals surface area contributed by atoms with Crippen molar-refractivity contribution in [1.82, 2.24) is 0 Å². The molecule has 0 bridgehead atoms. The van der Waals surface area contributed by atoms with Gasteiger partial charge in [-0.2, -0.15) is 0 Å². The number of benzene rings is 2. The van der Waals surface area contributed by atoms with Crippen LogP contribution in [0.5, 0.6) is 0 Å². The molecule has 0 radical (unpaired) electrons. The van der Waals surface area contributed by atoms with Crippen LogP contribution in [0.15, 0.2) is 60.7 Å². The fourth-order valence-corrected chi connectivity index (χ4v) is 1.70. The molecule has 0 aliphatic carbocycles. The zero-order valence-electron chi connectivity index (χ0n) is 9.19. The first kappa shape index (κ1) is 10.6. The maximum Gasteiger partial charge on any atom is 0.0389 e. The van der Waals surface area contributed by atoms with Gasteiger partial charge in [-0.3, -0.25) is 0 Å². The van der Waals surface area contributed by atoms with Crippen LogP contribution < -0.4 is 0 Å². The van der Waals surface area contributed by atoms with E-state index >= 15 is 0 Å². The number of nitrogens with one attached hydrogen (secondary N) is 1. The van der Waals surface area contributed by atoms with Gasteiger partial charge in [0.25, 0.3) is 0 Å². The van der Waals surface area contributed by atoms with Gasteiger partial charge in [0.05, 0.1) is 0 Å². The molecule has 1 nitrogen and oxygen atoms in total. The van der Waals surface area contributed by atoms with Crippen LogP contribution in [-0.2, 0) is 6.42 Å². The number of rotatable bonds is 4. The van der Waals surface area contributed by atoms with Crippen LogP contribution in [0, 0.1) is 5.41 Å². The van der Waals surface area contributed by atoms with Crippen molar-refractivity contribution in [2.45, 2.75) is 12.8 Å². The highest BCUT2D eigenvalue weighted by molar-refractivity contribution is 5.98. The Hall–Kier alpha value is -1.89. The summed E-state index contributed by atoms with van der Waals surface area (Å²) in [6.45, 7) is 0. The first-order valence-corrected chi connectivity index (χ1v) is 5.53. The van der Waals surface area contributed by atoms with Crippen LogP contribution in [0.2, 0.25) is 0 Å². The molecule has 0 fully saturated rings. The predicted molar refractivity (Wildman–Crippen MR) is 68.0 cm³/mol. The summed E-state index contributed by atoms with van der Waals surface area (Å²) in [6, 6.07) is 20.2. The van der Waals surface area contributed by atoms with E-state index in [1.54, 1.807) is 0 Å². The van der Waals surface area contributed by atoms with Crippen LogP contribution >= 0.6 is 0 Å². The molecule has 0 aliphatic heterocycles. The van der Waals surface area contributed by atoms with Crippen molar-refractivity contribution in [2.75, 3.05) is 0 Å². The first-order valence-electron chi connectivity index (χ1n) is 5.53. The smallest absolute Gasteiger partial charge is 0.0389 e. The first-order chi connectivity index (χ1) is 7.86. The lowest BCUT2D eigenvalue weighted by atomic mass is 10.0. The molecule has 0 heterocycles. The number of hydrogen-bond donors (Lipinski definition) is 1. The van der Waals surface area contributed by atoms with E-state index in [0.717, 1.165) is 18.4 Å². The summed E-state index contributed by atoms with van der Waals surface area (Å²) in [4.78, 5) is 0. The van der Waals surface area contributed by atoms with Crippen molar-refractivity contribution in [3.8, 4) is 0 Å². The minimum atomic E-state index is 0.712. The van der Waals surface area contributed by atoms with E-state index in [1.807, 2.05) is 48.5 Å². The van der Waals surface area contributed by atoms with Crippen molar-refractivity contribution in [3.63, 3.8) is 0 Å². The minimum absolute atomic E-state index is 0.712. The molecule has 1 heteroatoms. The number of hydrogen-bond acceptors (Lipinski definition) is 1. The monoisotopic (exact) mass is 209 g/mol. The topological polar surface area (TPSA) is 23.9 Å². The molecule has 80 valence electrons. The average Bonchev–Trinajstić information content (AvgIpc) is 2.38. The molecule has 1 N–H and O–H groups in total. The zero-order valence-corrected chi connectivity index (χ0v) is 9.19. The summed E-state index contributed by atoms with van der Waals surface area (Å²) in [7, 11) is 0. The molecular weight excluding hydrogens is 194 g/mol. The molecule has 0 aromatic heterocycles. The molecule has 2 aromatic rings. The van der Waals surface area contributed by atoms with Crippen molar-refractivity contribution in [1.29, 1.82) is 5.41 Å². The van der Waals surface area contributed by atoms with Gasteiger partial charge in [0, 0.05) is 5.71 Å². The summed E-state index contributed by atoms with van der Waals surface area (Å²) in [6.07, 6.45) is 1.74. The highest BCUT2D eigenvalue weighted by atomic mass is 14.4. The Morgan fingerprint density at radius 2 is 1.38 bits per heavy atom. The molecule has 0 amide bonds. The van der Waals surface area contributed by atoms with Crippen molar-refractivity contribution >= 4 is 5.71 Å². The van der Waals surface area contributed by atoms with Crippen molar-refractivity contribution < 1.29 is 0 Å². The Morgan fingerprint density at radius 1 is 0.812 bits per heavy atom. The highest BCUT2D eigenvalue weighted by Crippen LogP contribution is 2.07. The molecule has 0 unspecified atom stereocenters. The third-order valence-electron chi connectivity index (χ3n) is 2.63. The molecule has 2 rings (SSSR count). The number of aryl methyl sites for hydroxylation is 1. The van der Waals surface area contributed by atoms with Crippen LogP contribution in [0.3, 0.4) is 0 Å². The summed E-state index contributed by atoms with van der Waals surface area (Å²) >= 11 is 0. The normalized spacial score (nSPS) is 10.0. The average molecular weight is 209 g/mol. The van der Waals surface area contributed by atoms with Gasteiger partial charge in [-0.15, -0.1) is 0 Å². The molecule has 0 aliphatic rings. The second kappa shape index (κ2) is 5.26. The van der Waals surface area contributed by atoms with Gasteiger partial charge in [0.2, 0.25) is 0 Å². The second-order valence-electron chi connectivity index (χ2n) is 3.83. The second-order valence-corrected chi connectivity index (χ2v) is 3.83. The van der Waals surface area contributed by atoms with Crippen LogP contribution in [-0.4, -0.2) is 5.71 Å². The van der Waals surface area contributed by atoms with Crippen molar-refractivity contribution in [3.05, 3.63) is 71.8 Å². The lowest BCUT2D eigenvalue weighted by molar-refractivity contribution is 1.03. The van der Waals surface area contributed by atoms with E-state index < -0.39 is 0 Å². The summed E-state index contributed by atoms with van der Waals surface area (Å²) in [5.74, 6) is 0. The quantitative estimate of drug-likeness (QED) is 0.743. The van der Waals surface area contributed by atoms with Gasteiger partial charge in [-0.1, -0.05) is 60.7 Å². The summed E-state index contributed by atoms with van der Waals surface area (Å²) in [5.41, 5.74) is 3.03. The van der Waals surface area contributed by atoms with E-state index in [9.17, 15) is 0 Å². The molecule has 0 atom stereocenters. The molecule has 0 spiro atoms. The zero-order chi connectivity index (χ0) is 11.2. The lowest BCUT2D eigenvalue weighted by Gasteiger charge is -2.04. The maximum absolute atomic E-state index is 7.98. The van der Waals surface area contributed by atoms with Gasteiger partial charge in [0.1, 0.15) is 0 Å². The van der Waals surface area contributed by atoms with Crippen LogP contribution in [0.4, 0.5) is 0 Å². The van der Waals surface area contributed by atoms with E-state index in [-0.39, 0.29) is 0 Å². The Balaban J connectivity index is 1.95. The van der Waals surface area contributed by atoms with Crippen LogP contribution in [0.25, 0.3) is 0 Å². The molecule has 2 aromatic carbocycles. The molecule has 0 saturated heterocycles. The minimum Gasteiger partial charge on any atom is -0.305 e. The van der Waals surface area contributed by atoms with E-state index in [1.165, 1.54) is 5.56 Å². The van der Waals surface area contributed by atoms with Gasteiger partial charge in [-0.05, 0) is 24.0 Å². The lowest BCUT2D eigenvalue weighted by Crippen LogP contribution is -2.00. The molecule has 16 heavy (non-hydrogen) atoms. The molecule has 0 saturated carbocycles. The third-order valence-corrected chi connectivity index (χ3v) is 2.63. The Kier molecular flexibility index (Phi) is 3.50. The highest BCUT2D eigenvalue weighted by Gasteiger charge is 2.00. The summed E-state index contributed by atoms with van der Waals surface area (Å²) < 4.78 is 0. The summed E-state index contributed by atoms with van der Waals surface area (Å²) in [5, 5.41) is 7.98. The predicted octanol–water partition coefficient (Wildman–Crippen LogP) is 3.69. The van der Waals surface area contributed by atoms with E-state index in [2.05, 4.69) is 12.1 Å². The Morgan fingerprint density at radius 3 is 2.00 bits per heavy atom. The fraction of sp³-hybridized carbons (Fsp3) is 0.133. The Labute approximate surface area is 96.3 Å². The van der Waals surface area contributed by atoms with Crippen molar-refractivity contribution in [2.24, 2.45) is 0 Å². The SMILES string of the molecule is N=C(CCc1ccccc1)c1ccccc1. The Bertz CT molecular complexity index is 445. The van der Waals surface area contributed by atoms with Gasteiger partial charge < -0.3 is 5.41 Å².